The molecule has 1 amide bonds. The number of fused-ring (bicyclic) bond motifs is 4. The van der Waals surface area contributed by atoms with Crippen molar-refractivity contribution >= 4 is 22.6 Å². The zero-order chi connectivity index (χ0) is 22.4. The van der Waals surface area contributed by atoms with Crippen LogP contribution in [-0.2, 0) is 13.0 Å². The molecular formula is C26H31N5O2. The van der Waals surface area contributed by atoms with Crippen LogP contribution in [0.15, 0.2) is 42.7 Å². The van der Waals surface area contributed by atoms with Gasteiger partial charge in [-0.2, -0.15) is 0 Å². The summed E-state index contributed by atoms with van der Waals surface area (Å²) >= 11 is 0. The van der Waals surface area contributed by atoms with Crippen LogP contribution < -0.4 is 20.3 Å². The van der Waals surface area contributed by atoms with Gasteiger partial charge < -0.3 is 24.8 Å². The normalized spacial score (nSPS) is 24.3. The lowest BCUT2D eigenvalue weighted by molar-refractivity contribution is 0.0915. The van der Waals surface area contributed by atoms with Crippen molar-refractivity contribution in [2.75, 3.05) is 24.6 Å². The predicted octanol–water partition coefficient (Wildman–Crippen LogP) is 3.12. The van der Waals surface area contributed by atoms with Crippen molar-refractivity contribution in [2.45, 2.75) is 57.3 Å². The second-order valence-corrected chi connectivity index (χ2v) is 9.59. The number of amides is 1. The molecule has 5 heterocycles. The van der Waals surface area contributed by atoms with Crippen LogP contribution in [0.1, 0.15) is 42.1 Å². The van der Waals surface area contributed by atoms with Crippen molar-refractivity contribution in [1.82, 2.24) is 20.2 Å². The van der Waals surface area contributed by atoms with E-state index in [4.69, 9.17) is 4.74 Å². The van der Waals surface area contributed by atoms with Gasteiger partial charge in [0.15, 0.2) is 0 Å². The number of aromatic nitrogens is 2. The standard InChI is InChI=1S/C26H31N5O2/c1-2-30-9-7-18-11-19(14-27-25(18)30)26(32)29-22-12-17-3-6-23(13-24(17)33-16-22)31-10-8-20-4-5-21(15-31)28-20/h3,6-7,9,11,13-14,20-22,28H,2,4-5,8,10,12,15-16H2,1H3,(H,29,32)/t20?,21?,22-/m0/s1. The topological polar surface area (TPSA) is 71.4 Å². The highest BCUT2D eigenvalue weighted by atomic mass is 16.5. The highest BCUT2D eigenvalue weighted by Gasteiger charge is 2.30. The number of nitrogens with zero attached hydrogens (tertiary/aromatic N) is 3. The number of carbonyl (C=O) groups is 1. The van der Waals surface area contributed by atoms with Gasteiger partial charge in [-0.05, 0) is 56.4 Å². The fraction of sp³-hybridized carbons (Fsp3) is 0.462. The Bertz CT molecular complexity index is 1190. The van der Waals surface area contributed by atoms with Crippen LogP contribution in [0.2, 0.25) is 0 Å². The van der Waals surface area contributed by atoms with Crippen LogP contribution >= 0.6 is 0 Å². The average Bonchev–Trinajstić information content (AvgIpc) is 3.40. The molecule has 6 rings (SSSR count). The molecule has 2 unspecified atom stereocenters. The molecular weight excluding hydrogens is 414 g/mol. The molecule has 1 aromatic carbocycles. The minimum absolute atomic E-state index is 0.0510. The molecule has 2 saturated heterocycles. The number of anilines is 1. The third-order valence-corrected chi connectivity index (χ3v) is 7.38. The number of benzene rings is 1. The second kappa shape index (κ2) is 8.37. The molecule has 2 bridgehead atoms. The van der Waals surface area contributed by atoms with E-state index in [1.165, 1.54) is 24.9 Å². The molecule has 0 spiro atoms. The van der Waals surface area contributed by atoms with E-state index >= 15 is 0 Å². The molecule has 0 saturated carbocycles. The van der Waals surface area contributed by atoms with Crippen LogP contribution in [-0.4, -0.2) is 53.3 Å². The lowest BCUT2D eigenvalue weighted by Crippen LogP contribution is -2.42. The molecule has 7 nitrogen and oxygen atoms in total. The summed E-state index contributed by atoms with van der Waals surface area (Å²) in [5, 5.41) is 7.87. The Morgan fingerprint density at radius 2 is 2.12 bits per heavy atom. The molecule has 2 fully saturated rings. The van der Waals surface area contributed by atoms with Gasteiger partial charge in [0.25, 0.3) is 5.91 Å². The molecule has 3 aliphatic heterocycles. The van der Waals surface area contributed by atoms with Crippen molar-refractivity contribution in [2.24, 2.45) is 0 Å². The van der Waals surface area contributed by atoms with Crippen molar-refractivity contribution in [3.8, 4) is 5.75 Å². The number of aryl methyl sites for hydroxylation is 1. The van der Waals surface area contributed by atoms with Crippen LogP contribution in [0, 0.1) is 0 Å². The third kappa shape index (κ3) is 3.95. The SMILES string of the molecule is CCn1ccc2cc(C(=O)N[C@@H]3COc4cc(N5CCC6CCC(C5)N6)ccc4C3)cnc21. The van der Waals surface area contributed by atoms with Gasteiger partial charge in [0.05, 0.1) is 11.6 Å². The number of hydrogen-bond donors (Lipinski definition) is 2. The van der Waals surface area contributed by atoms with Crippen LogP contribution in [0.4, 0.5) is 5.69 Å². The first-order chi connectivity index (χ1) is 16.2. The van der Waals surface area contributed by atoms with E-state index in [0.717, 1.165) is 48.4 Å². The number of carbonyl (C=O) groups excluding carboxylic acids is 1. The first-order valence-corrected chi connectivity index (χ1v) is 12.2. The van der Waals surface area contributed by atoms with Gasteiger partial charge in [0.1, 0.15) is 18.0 Å². The van der Waals surface area contributed by atoms with Gasteiger partial charge in [0.2, 0.25) is 0 Å². The summed E-state index contributed by atoms with van der Waals surface area (Å²) in [6.45, 7) is 5.58. The summed E-state index contributed by atoms with van der Waals surface area (Å²) in [6, 6.07) is 11.7. The average molecular weight is 446 g/mol. The van der Waals surface area contributed by atoms with E-state index in [1.54, 1.807) is 6.20 Å². The Morgan fingerprint density at radius 1 is 1.21 bits per heavy atom. The van der Waals surface area contributed by atoms with Gasteiger partial charge in [-0.3, -0.25) is 4.79 Å². The number of pyridine rings is 1. The van der Waals surface area contributed by atoms with Crippen LogP contribution in [0.3, 0.4) is 0 Å². The van der Waals surface area contributed by atoms with Crippen LogP contribution in [0.5, 0.6) is 5.75 Å². The van der Waals surface area contributed by atoms with E-state index in [2.05, 4.69) is 50.2 Å². The van der Waals surface area contributed by atoms with Gasteiger partial charge in [-0.1, -0.05) is 6.07 Å². The Kier molecular flexibility index (Phi) is 5.21. The Hall–Kier alpha value is -3.06. The van der Waals surface area contributed by atoms with Gasteiger partial charge in [-0.15, -0.1) is 0 Å². The van der Waals surface area contributed by atoms with E-state index in [9.17, 15) is 4.79 Å². The molecule has 33 heavy (non-hydrogen) atoms. The molecule has 2 aromatic heterocycles. The molecule has 2 N–H and O–H groups in total. The minimum Gasteiger partial charge on any atom is -0.491 e. The smallest absolute Gasteiger partial charge is 0.253 e. The summed E-state index contributed by atoms with van der Waals surface area (Å²) in [5.41, 5.74) is 3.89. The Balaban J connectivity index is 1.12. The Morgan fingerprint density at radius 3 is 3.03 bits per heavy atom. The molecule has 3 aromatic rings. The van der Waals surface area contributed by atoms with E-state index in [1.807, 2.05) is 18.3 Å². The second-order valence-electron chi connectivity index (χ2n) is 9.59. The first kappa shape index (κ1) is 20.5. The minimum atomic E-state index is -0.102. The summed E-state index contributed by atoms with van der Waals surface area (Å²) in [7, 11) is 0. The fourth-order valence-electron chi connectivity index (χ4n) is 5.55. The quantitative estimate of drug-likeness (QED) is 0.646. The highest BCUT2D eigenvalue weighted by molar-refractivity contribution is 5.97. The highest BCUT2D eigenvalue weighted by Crippen LogP contribution is 2.32. The van der Waals surface area contributed by atoms with Crippen LogP contribution in [0.25, 0.3) is 11.0 Å². The zero-order valence-corrected chi connectivity index (χ0v) is 19.1. The first-order valence-electron chi connectivity index (χ1n) is 12.2. The summed E-state index contributed by atoms with van der Waals surface area (Å²) in [5.74, 6) is 0.846. The molecule has 0 radical (unpaired) electrons. The lowest BCUT2D eigenvalue weighted by Gasteiger charge is -2.30. The maximum absolute atomic E-state index is 12.9. The maximum atomic E-state index is 12.9. The summed E-state index contributed by atoms with van der Waals surface area (Å²) in [4.78, 5) is 19.9. The van der Waals surface area contributed by atoms with Crippen molar-refractivity contribution in [3.63, 3.8) is 0 Å². The summed E-state index contributed by atoms with van der Waals surface area (Å²) in [6.07, 6.45) is 8.23. The molecule has 3 atom stereocenters. The van der Waals surface area contributed by atoms with Crippen molar-refractivity contribution in [1.29, 1.82) is 0 Å². The number of hydrogen-bond acceptors (Lipinski definition) is 5. The number of rotatable bonds is 4. The number of nitrogens with one attached hydrogen (secondary N) is 2. The largest absolute Gasteiger partial charge is 0.491 e. The monoisotopic (exact) mass is 445 g/mol. The third-order valence-electron chi connectivity index (χ3n) is 7.38. The lowest BCUT2D eigenvalue weighted by atomic mass is 10.0. The van der Waals surface area contributed by atoms with Crippen molar-refractivity contribution in [3.05, 3.63) is 53.9 Å². The molecule has 3 aliphatic rings. The van der Waals surface area contributed by atoms with E-state index in [-0.39, 0.29) is 11.9 Å². The molecule has 0 aliphatic carbocycles. The molecule has 7 heteroatoms. The zero-order valence-electron chi connectivity index (χ0n) is 19.1. The predicted molar refractivity (Wildman–Crippen MR) is 129 cm³/mol. The van der Waals surface area contributed by atoms with Gasteiger partial charge >= 0.3 is 0 Å². The van der Waals surface area contributed by atoms with Gasteiger partial charge in [-0.25, -0.2) is 4.98 Å². The maximum Gasteiger partial charge on any atom is 0.253 e. The van der Waals surface area contributed by atoms with Crippen molar-refractivity contribution < 1.29 is 9.53 Å². The van der Waals surface area contributed by atoms with Gasteiger partial charge in [0, 0.05) is 61.3 Å². The Labute approximate surface area is 194 Å². The molecule has 172 valence electrons. The van der Waals surface area contributed by atoms with E-state index in [0.29, 0.717) is 24.3 Å². The van der Waals surface area contributed by atoms with E-state index < -0.39 is 0 Å². The summed E-state index contributed by atoms with van der Waals surface area (Å²) < 4.78 is 8.18. The fourth-order valence-corrected chi connectivity index (χ4v) is 5.55. The number of ether oxygens (including phenoxy) is 1.